The van der Waals surface area contributed by atoms with Crippen molar-refractivity contribution in [3.63, 3.8) is 0 Å². The van der Waals surface area contributed by atoms with Gasteiger partial charge in [0.1, 0.15) is 0 Å². The van der Waals surface area contributed by atoms with E-state index in [0.717, 1.165) is 5.69 Å². The lowest BCUT2D eigenvalue weighted by Gasteiger charge is -1.97. The Balaban J connectivity index is 2.86. The van der Waals surface area contributed by atoms with Crippen molar-refractivity contribution in [1.82, 2.24) is 4.98 Å². The lowest BCUT2D eigenvalue weighted by molar-refractivity contribution is 0.850. The van der Waals surface area contributed by atoms with Crippen molar-refractivity contribution < 1.29 is 0 Å². The van der Waals surface area contributed by atoms with Crippen LogP contribution in [0.3, 0.4) is 0 Å². The molecule has 1 rings (SSSR count). The Bertz CT molecular complexity index is 345. The van der Waals surface area contributed by atoms with Gasteiger partial charge >= 0.3 is 0 Å². The Kier molecular flexibility index (Phi) is 4.08. The third kappa shape index (κ3) is 2.81. The van der Waals surface area contributed by atoms with Crippen LogP contribution in [0.1, 0.15) is 44.3 Å². The van der Waals surface area contributed by atoms with Gasteiger partial charge in [0.05, 0.1) is 10.7 Å². The van der Waals surface area contributed by atoms with E-state index in [9.17, 15) is 0 Å². The van der Waals surface area contributed by atoms with Crippen LogP contribution in [-0.4, -0.2) is 4.98 Å². The minimum Gasteiger partial charge on any atom is -0.241 e. The molecule has 0 amide bonds. The molecule has 0 unspecified atom stereocenters. The molecule has 0 aliphatic carbocycles. The molecule has 0 radical (unpaired) electrons. The highest BCUT2D eigenvalue weighted by atomic mass is 32.1. The monoisotopic (exact) mass is 207 g/mol. The maximum atomic E-state index is 4.58. The molecule has 0 aromatic carbocycles. The minimum absolute atomic E-state index is 0.531. The SMILES string of the molecule is C/C=C\C=C(/C)c1csc(C(C)C)n1. The average Bonchev–Trinajstić information content (AvgIpc) is 2.62. The normalized spacial score (nSPS) is 13.1. The van der Waals surface area contributed by atoms with Crippen molar-refractivity contribution in [3.05, 3.63) is 34.3 Å². The van der Waals surface area contributed by atoms with Crippen LogP contribution in [0.25, 0.3) is 5.57 Å². The molecule has 0 saturated heterocycles. The van der Waals surface area contributed by atoms with Gasteiger partial charge in [-0.15, -0.1) is 11.3 Å². The van der Waals surface area contributed by atoms with Crippen LogP contribution in [-0.2, 0) is 0 Å². The summed E-state index contributed by atoms with van der Waals surface area (Å²) in [6.45, 7) is 8.46. The van der Waals surface area contributed by atoms with Crippen molar-refractivity contribution >= 4 is 16.9 Å². The third-order valence-electron chi connectivity index (χ3n) is 1.96. The van der Waals surface area contributed by atoms with Crippen LogP contribution in [0.2, 0.25) is 0 Å². The Morgan fingerprint density at radius 3 is 2.71 bits per heavy atom. The Labute approximate surface area is 90.2 Å². The molecular weight excluding hydrogens is 190 g/mol. The first kappa shape index (κ1) is 11.2. The average molecular weight is 207 g/mol. The highest BCUT2D eigenvalue weighted by molar-refractivity contribution is 7.09. The second-order valence-electron chi connectivity index (χ2n) is 3.60. The number of hydrogen-bond donors (Lipinski definition) is 0. The summed E-state index contributed by atoms with van der Waals surface area (Å²) >= 11 is 1.74. The minimum atomic E-state index is 0.531. The van der Waals surface area contributed by atoms with E-state index in [1.165, 1.54) is 10.6 Å². The molecule has 1 nitrogen and oxygen atoms in total. The fourth-order valence-corrected chi connectivity index (χ4v) is 1.95. The van der Waals surface area contributed by atoms with Gasteiger partial charge in [0.2, 0.25) is 0 Å². The summed E-state index contributed by atoms with van der Waals surface area (Å²) in [4.78, 5) is 4.58. The van der Waals surface area contributed by atoms with Gasteiger partial charge in [-0.3, -0.25) is 0 Å². The number of thiazole rings is 1. The van der Waals surface area contributed by atoms with E-state index < -0.39 is 0 Å². The number of nitrogens with zero attached hydrogens (tertiary/aromatic N) is 1. The largest absolute Gasteiger partial charge is 0.241 e. The summed E-state index contributed by atoms with van der Waals surface area (Å²) in [5.74, 6) is 0.531. The standard InChI is InChI=1S/C12H17NS/c1-5-6-7-10(4)11-8-14-12(13-11)9(2)3/h5-9H,1-4H3/b6-5-,10-7+. The second kappa shape index (κ2) is 5.11. The van der Waals surface area contributed by atoms with Gasteiger partial charge in [0, 0.05) is 11.3 Å². The Morgan fingerprint density at radius 1 is 1.50 bits per heavy atom. The van der Waals surface area contributed by atoms with Crippen LogP contribution in [0.5, 0.6) is 0 Å². The first-order chi connectivity index (χ1) is 6.65. The number of rotatable bonds is 3. The first-order valence-corrected chi connectivity index (χ1v) is 5.78. The molecule has 1 heterocycles. The predicted molar refractivity (Wildman–Crippen MR) is 64.7 cm³/mol. The molecule has 0 fully saturated rings. The van der Waals surface area contributed by atoms with Crippen molar-refractivity contribution in [1.29, 1.82) is 0 Å². The zero-order chi connectivity index (χ0) is 10.6. The molecule has 0 bridgehead atoms. The maximum absolute atomic E-state index is 4.58. The molecule has 0 aliphatic rings. The van der Waals surface area contributed by atoms with Gasteiger partial charge in [-0.1, -0.05) is 32.1 Å². The summed E-state index contributed by atoms with van der Waals surface area (Å²) in [5.41, 5.74) is 2.34. The van der Waals surface area contributed by atoms with Gasteiger partial charge < -0.3 is 0 Å². The smallest absolute Gasteiger partial charge is 0.0957 e. The topological polar surface area (TPSA) is 12.9 Å². The fraction of sp³-hybridized carbons (Fsp3) is 0.417. The molecule has 76 valence electrons. The van der Waals surface area contributed by atoms with Crippen molar-refractivity contribution in [3.8, 4) is 0 Å². The molecule has 14 heavy (non-hydrogen) atoms. The predicted octanol–water partition coefficient (Wildman–Crippen LogP) is 4.25. The molecule has 0 saturated carbocycles. The van der Waals surface area contributed by atoms with E-state index >= 15 is 0 Å². The summed E-state index contributed by atoms with van der Waals surface area (Å²) in [5, 5.41) is 3.35. The summed E-state index contributed by atoms with van der Waals surface area (Å²) < 4.78 is 0. The van der Waals surface area contributed by atoms with Crippen molar-refractivity contribution in [2.45, 2.75) is 33.6 Å². The molecule has 0 spiro atoms. The number of hydrogen-bond acceptors (Lipinski definition) is 2. The highest BCUT2D eigenvalue weighted by Crippen LogP contribution is 2.23. The van der Waals surface area contributed by atoms with Crippen LogP contribution < -0.4 is 0 Å². The van der Waals surface area contributed by atoms with E-state index in [1.54, 1.807) is 11.3 Å². The van der Waals surface area contributed by atoms with Crippen LogP contribution >= 0.6 is 11.3 Å². The van der Waals surface area contributed by atoms with Gasteiger partial charge in [-0.25, -0.2) is 4.98 Å². The van der Waals surface area contributed by atoms with E-state index in [2.05, 4.69) is 37.2 Å². The summed E-state index contributed by atoms with van der Waals surface area (Å²) in [7, 11) is 0. The molecule has 0 N–H and O–H groups in total. The zero-order valence-corrected chi connectivity index (χ0v) is 10.1. The van der Waals surface area contributed by atoms with Crippen LogP contribution in [0.4, 0.5) is 0 Å². The molecular formula is C12H17NS. The third-order valence-corrected chi connectivity index (χ3v) is 3.10. The Morgan fingerprint density at radius 2 is 2.21 bits per heavy atom. The molecule has 1 aromatic heterocycles. The molecule has 2 heteroatoms. The van der Waals surface area contributed by atoms with Gasteiger partial charge in [-0.2, -0.15) is 0 Å². The first-order valence-electron chi connectivity index (χ1n) is 4.90. The molecule has 0 atom stereocenters. The second-order valence-corrected chi connectivity index (χ2v) is 4.49. The van der Waals surface area contributed by atoms with E-state index in [0.29, 0.717) is 5.92 Å². The quantitative estimate of drug-likeness (QED) is 0.675. The maximum Gasteiger partial charge on any atom is 0.0957 e. The van der Waals surface area contributed by atoms with E-state index in [1.807, 2.05) is 19.1 Å². The van der Waals surface area contributed by atoms with Gasteiger partial charge in [-0.05, 0) is 19.4 Å². The Hall–Kier alpha value is -0.890. The van der Waals surface area contributed by atoms with Crippen molar-refractivity contribution in [2.24, 2.45) is 0 Å². The van der Waals surface area contributed by atoms with Gasteiger partial charge in [0.15, 0.2) is 0 Å². The van der Waals surface area contributed by atoms with E-state index in [-0.39, 0.29) is 0 Å². The summed E-state index contributed by atoms with van der Waals surface area (Å²) in [6.07, 6.45) is 6.17. The van der Waals surface area contributed by atoms with E-state index in [4.69, 9.17) is 0 Å². The number of aromatic nitrogens is 1. The highest BCUT2D eigenvalue weighted by Gasteiger charge is 2.05. The van der Waals surface area contributed by atoms with Gasteiger partial charge in [0.25, 0.3) is 0 Å². The zero-order valence-electron chi connectivity index (χ0n) is 9.24. The summed E-state index contributed by atoms with van der Waals surface area (Å²) in [6, 6.07) is 0. The van der Waals surface area contributed by atoms with Crippen molar-refractivity contribution in [2.75, 3.05) is 0 Å². The number of allylic oxidation sites excluding steroid dienone is 4. The van der Waals surface area contributed by atoms with Crippen LogP contribution in [0, 0.1) is 0 Å². The lowest BCUT2D eigenvalue weighted by Crippen LogP contribution is -1.86. The molecule has 1 aromatic rings. The van der Waals surface area contributed by atoms with Crippen LogP contribution in [0.15, 0.2) is 23.6 Å². The molecule has 0 aliphatic heterocycles. The lowest BCUT2D eigenvalue weighted by atomic mass is 10.2. The fourth-order valence-electron chi connectivity index (χ4n) is 1.06.